The van der Waals surface area contributed by atoms with Crippen molar-refractivity contribution < 1.29 is 4.74 Å². The normalized spacial score (nSPS) is 9.75. The van der Waals surface area contributed by atoms with Crippen molar-refractivity contribution in [2.75, 3.05) is 6.61 Å². The van der Waals surface area contributed by atoms with Gasteiger partial charge in [0.15, 0.2) is 0 Å². The Morgan fingerprint density at radius 1 is 1.44 bits per heavy atom. The van der Waals surface area contributed by atoms with Crippen molar-refractivity contribution in [3.8, 4) is 22.5 Å². The number of pyridine rings is 1. The fourth-order valence-electron chi connectivity index (χ4n) is 1.33. The van der Waals surface area contributed by atoms with E-state index in [0.717, 1.165) is 10.6 Å². The van der Waals surface area contributed by atoms with Gasteiger partial charge in [-0.05, 0) is 30.5 Å². The second kappa shape index (κ2) is 4.77. The molecule has 0 amide bonds. The van der Waals surface area contributed by atoms with Gasteiger partial charge in [-0.3, -0.25) is 0 Å². The van der Waals surface area contributed by atoms with E-state index in [0.29, 0.717) is 18.1 Å². The van der Waals surface area contributed by atoms with Gasteiger partial charge in [0, 0.05) is 0 Å². The minimum Gasteiger partial charge on any atom is -0.477 e. The van der Waals surface area contributed by atoms with E-state index in [9.17, 15) is 0 Å². The maximum absolute atomic E-state index is 8.90. The van der Waals surface area contributed by atoms with Gasteiger partial charge < -0.3 is 4.74 Å². The number of hydrogen-bond donors (Lipinski definition) is 0. The summed E-state index contributed by atoms with van der Waals surface area (Å²) in [5.41, 5.74) is 1.32. The largest absolute Gasteiger partial charge is 0.477 e. The van der Waals surface area contributed by atoms with Crippen LogP contribution in [0, 0.1) is 11.3 Å². The molecule has 0 aliphatic rings. The summed E-state index contributed by atoms with van der Waals surface area (Å²) in [5.74, 6) is 0.413. The van der Waals surface area contributed by atoms with Crippen molar-refractivity contribution in [2.45, 2.75) is 6.92 Å². The van der Waals surface area contributed by atoms with Crippen LogP contribution < -0.4 is 4.74 Å². The zero-order valence-corrected chi connectivity index (χ0v) is 9.62. The molecule has 4 heteroatoms. The minimum atomic E-state index is 0.413. The van der Waals surface area contributed by atoms with E-state index in [1.807, 2.05) is 30.5 Å². The molecule has 0 bridgehead atoms. The summed E-state index contributed by atoms with van der Waals surface area (Å²) in [6.45, 7) is 2.39. The smallest absolute Gasteiger partial charge is 0.232 e. The van der Waals surface area contributed by atoms with E-state index in [4.69, 9.17) is 10.00 Å². The van der Waals surface area contributed by atoms with Crippen molar-refractivity contribution in [1.82, 2.24) is 4.98 Å². The first-order valence-electron chi connectivity index (χ1n) is 4.93. The quantitative estimate of drug-likeness (QED) is 0.814. The molecule has 3 nitrogen and oxygen atoms in total. The Labute approximate surface area is 97.9 Å². The molecule has 0 saturated carbocycles. The van der Waals surface area contributed by atoms with Crippen LogP contribution in [0.15, 0.2) is 29.6 Å². The van der Waals surface area contributed by atoms with Crippen LogP contribution in [0.3, 0.4) is 0 Å². The molecule has 0 radical (unpaired) electrons. The standard InChI is InChI=1S/C12H10N2OS/c1-2-15-12-9(8-13)5-6-10(14-12)11-4-3-7-16-11/h3-7H,2H2,1H3. The zero-order chi connectivity index (χ0) is 11.4. The van der Waals surface area contributed by atoms with Gasteiger partial charge in [-0.25, -0.2) is 4.98 Å². The molecule has 0 aliphatic heterocycles. The van der Waals surface area contributed by atoms with E-state index in [1.165, 1.54) is 0 Å². The van der Waals surface area contributed by atoms with Crippen molar-refractivity contribution in [3.63, 3.8) is 0 Å². The highest BCUT2D eigenvalue weighted by Crippen LogP contribution is 2.26. The SMILES string of the molecule is CCOc1nc(-c2cccs2)ccc1C#N. The Morgan fingerprint density at radius 3 is 2.94 bits per heavy atom. The lowest BCUT2D eigenvalue weighted by molar-refractivity contribution is 0.326. The fraction of sp³-hybridized carbons (Fsp3) is 0.167. The Bertz CT molecular complexity index is 514. The van der Waals surface area contributed by atoms with Crippen molar-refractivity contribution in [2.24, 2.45) is 0 Å². The highest BCUT2D eigenvalue weighted by Gasteiger charge is 2.08. The average molecular weight is 230 g/mol. The lowest BCUT2D eigenvalue weighted by atomic mass is 10.2. The third-order valence-electron chi connectivity index (χ3n) is 2.04. The predicted octanol–water partition coefficient (Wildman–Crippen LogP) is 3.08. The second-order valence-electron chi connectivity index (χ2n) is 3.07. The summed E-state index contributed by atoms with van der Waals surface area (Å²) in [4.78, 5) is 5.42. The number of rotatable bonds is 3. The number of hydrogen-bond acceptors (Lipinski definition) is 4. The molecule has 0 aliphatic carbocycles. The summed E-state index contributed by atoms with van der Waals surface area (Å²) < 4.78 is 5.34. The van der Waals surface area contributed by atoms with Gasteiger partial charge in [-0.1, -0.05) is 6.07 Å². The molecular formula is C12H10N2OS. The molecule has 0 fully saturated rings. The number of aromatic nitrogens is 1. The summed E-state index contributed by atoms with van der Waals surface area (Å²) >= 11 is 1.62. The molecule has 16 heavy (non-hydrogen) atoms. The maximum Gasteiger partial charge on any atom is 0.232 e. The van der Waals surface area contributed by atoms with Crippen LogP contribution in [0.25, 0.3) is 10.6 Å². The Morgan fingerprint density at radius 2 is 2.31 bits per heavy atom. The zero-order valence-electron chi connectivity index (χ0n) is 8.80. The van der Waals surface area contributed by atoms with Crippen molar-refractivity contribution in [1.29, 1.82) is 5.26 Å². The summed E-state index contributed by atoms with van der Waals surface area (Å²) in [6, 6.07) is 9.62. The van der Waals surface area contributed by atoms with Crippen LogP contribution >= 0.6 is 11.3 Å². The van der Waals surface area contributed by atoms with Gasteiger partial charge in [0.1, 0.15) is 11.6 Å². The van der Waals surface area contributed by atoms with Crippen molar-refractivity contribution >= 4 is 11.3 Å². The summed E-state index contributed by atoms with van der Waals surface area (Å²) in [6.07, 6.45) is 0. The van der Waals surface area contributed by atoms with E-state index < -0.39 is 0 Å². The van der Waals surface area contributed by atoms with Crippen LogP contribution in [0.4, 0.5) is 0 Å². The van der Waals surface area contributed by atoms with Gasteiger partial charge >= 0.3 is 0 Å². The molecule has 0 saturated heterocycles. The van der Waals surface area contributed by atoms with E-state index in [2.05, 4.69) is 11.1 Å². The average Bonchev–Trinajstić information content (AvgIpc) is 2.83. The van der Waals surface area contributed by atoms with Crippen LogP contribution in [0.1, 0.15) is 12.5 Å². The summed E-state index contributed by atoms with van der Waals surface area (Å²) in [5, 5.41) is 10.9. The first kappa shape index (κ1) is 10.7. The van der Waals surface area contributed by atoms with Gasteiger partial charge in [0.2, 0.25) is 5.88 Å². The molecule has 0 spiro atoms. The molecule has 80 valence electrons. The van der Waals surface area contributed by atoms with Gasteiger partial charge in [-0.15, -0.1) is 11.3 Å². The fourth-order valence-corrected chi connectivity index (χ4v) is 2.03. The lowest BCUT2D eigenvalue weighted by Crippen LogP contribution is -1.98. The first-order chi connectivity index (χ1) is 7.85. The van der Waals surface area contributed by atoms with Gasteiger partial charge in [0.25, 0.3) is 0 Å². The van der Waals surface area contributed by atoms with Crippen molar-refractivity contribution in [3.05, 3.63) is 35.2 Å². The Balaban J connectivity index is 2.44. The number of ether oxygens (including phenoxy) is 1. The molecule has 2 heterocycles. The van der Waals surface area contributed by atoms with E-state index in [-0.39, 0.29) is 0 Å². The second-order valence-corrected chi connectivity index (χ2v) is 4.02. The van der Waals surface area contributed by atoms with Crippen LogP contribution in [0.2, 0.25) is 0 Å². The van der Waals surface area contributed by atoms with Gasteiger partial charge in [0.05, 0.1) is 17.2 Å². The van der Waals surface area contributed by atoms with E-state index >= 15 is 0 Å². The predicted molar refractivity (Wildman–Crippen MR) is 63.4 cm³/mol. The van der Waals surface area contributed by atoms with Gasteiger partial charge in [-0.2, -0.15) is 5.26 Å². The molecule has 0 aromatic carbocycles. The van der Waals surface area contributed by atoms with E-state index in [1.54, 1.807) is 17.4 Å². The molecule has 2 rings (SSSR count). The molecule has 2 aromatic rings. The van der Waals surface area contributed by atoms with Crippen LogP contribution in [-0.2, 0) is 0 Å². The summed E-state index contributed by atoms with van der Waals surface area (Å²) in [7, 11) is 0. The number of thiophene rings is 1. The number of nitriles is 1. The Kier molecular flexibility index (Phi) is 3.18. The molecule has 2 aromatic heterocycles. The molecule has 0 atom stereocenters. The Hall–Kier alpha value is -1.86. The topological polar surface area (TPSA) is 45.9 Å². The third-order valence-corrected chi connectivity index (χ3v) is 2.93. The third kappa shape index (κ3) is 2.05. The highest BCUT2D eigenvalue weighted by atomic mass is 32.1. The monoisotopic (exact) mass is 230 g/mol. The van der Waals surface area contributed by atoms with Crippen LogP contribution in [-0.4, -0.2) is 11.6 Å². The molecule has 0 N–H and O–H groups in total. The lowest BCUT2D eigenvalue weighted by Gasteiger charge is -2.05. The van der Waals surface area contributed by atoms with Crippen LogP contribution in [0.5, 0.6) is 5.88 Å². The first-order valence-corrected chi connectivity index (χ1v) is 5.81. The molecule has 0 unspecified atom stereocenters. The minimum absolute atomic E-state index is 0.413. The maximum atomic E-state index is 8.90. The highest BCUT2D eigenvalue weighted by molar-refractivity contribution is 7.13. The molecular weight excluding hydrogens is 220 g/mol. The number of nitrogens with zero attached hydrogens (tertiary/aromatic N) is 2.